The maximum Gasteiger partial charge on any atom is 0.255 e. The fourth-order valence-corrected chi connectivity index (χ4v) is 2.74. The average Bonchev–Trinajstić information content (AvgIpc) is 2.73. The van der Waals surface area contributed by atoms with Crippen LogP contribution >= 0.6 is 0 Å². The quantitative estimate of drug-likeness (QED) is 0.712. The standard InChI is InChI=1S/C22H20N4O/c1-2-26(16-17-8-4-3-5-9-17)22(27)19-12-13-21(24-15-19)25-20-11-7-6-10-18(20)14-23/h3-13,15H,2,16H2,1H3,(H,24,25). The molecule has 27 heavy (non-hydrogen) atoms. The van der Waals surface area contributed by atoms with Crippen molar-refractivity contribution in [1.82, 2.24) is 9.88 Å². The highest BCUT2D eigenvalue weighted by Gasteiger charge is 2.15. The minimum Gasteiger partial charge on any atom is -0.339 e. The zero-order valence-electron chi connectivity index (χ0n) is 15.1. The summed E-state index contributed by atoms with van der Waals surface area (Å²) in [6, 6.07) is 22.8. The summed E-state index contributed by atoms with van der Waals surface area (Å²) >= 11 is 0. The van der Waals surface area contributed by atoms with Crippen LogP contribution in [0, 0.1) is 11.3 Å². The summed E-state index contributed by atoms with van der Waals surface area (Å²) < 4.78 is 0. The zero-order valence-corrected chi connectivity index (χ0v) is 15.1. The van der Waals surface area contributed by atoms with E-state index in [2.05, 4.69) is 16.4 Å². The smallest absolute Gasteiger partial charge is 0.255 e. The fraction of sp³-hybridized carbons (Fsp3) is 0.136. The number of hydrogen-bond acceptors (Lipinski definition) is 4. The molecule has 134 valence electrons. The van der Waals surface area contributed by atoms with Gasteiger partial charge in [-0.1, -0.05) is 42.5 Å². The second-order valence-corrected chi connectivity index (χ2v) is 6.02. The third-order valence-corrected chi connectivity index (χ3v) is 4.21. The van der Waals surface area contributed by atoms with Gasteiger partial charge in [0.2, 0.25) is 0 Å². The van der Waals surface area contributed by atoms with Crippen LogP contribution in [0.1, 0.15) is 28.4 Å². The summed E-state index contributed by atoms with van der Waals surface area (Å²) in [6.07, 6.45) is 1.56. The van der Waals surface area contributed by atoms with Crippen molar-refractivity contribution in [3.05, 3.63) is 89.6 Å². The molecule has 1 aromatic heterocycles. The highest BCUT2D eigenvalue weighted by atomic mass is 16.2. The van der Waals surface area contributed by atoms with Crippen LogP contribution in [0.2, 0.25) is 0 Å². The second-order valence-electron chi connectivity index (χ2n) is 6.02. The fourth-order valence-electron chi connectivity index (χ4n) is 2.74. The minimum absolute atomic E-state index is 0.0576. The number of anilines is 2. The summed E-state index contributed by atoms with van der Waals surface area (Å²) in [5.41, 5.74) is 2.85. The minimum atomic E-state index is -0.0576. The number of pyridine rings is 1. The Morgan fingerprint density at radius 3 is 2.48 bits per heavy atom. The Labute approximate surface area is 158 Å². The van der Waals surface area contributed by atoms with Crippen molar-refractivity contribution in [2.75, 3.05) is 11.9 Å². The lowest BCUT2D eigenvalue weighted by Gasteiger charge is -2.21. The molecule has 0 aliphatic carbocycles. The van der Waals surface area contributed by atoms with Gasteiger partial charge < -0.3 is 10.2 Å². The van der Waals surface area contributed by atoms with E-state index in [0.29, 0.717) is 35.7 Å². The van der Waals surface area contributed by atoms with Crippen LogP contribution in [0.25, 0.3) is 0 Å². The van der Waals surface area contributed by atoms with E-state index in [0.717, 1.165) is 5.56 Å². The van der Waals surface area contributed by atoms with Gasteiger partial charge in [0.25, 0.3) is 5.91 Å². The molecule has 1 amide bonds. The second kappa shape index (κ2) is 8.63. The number of hydrogen-bond donors (Lipinski definition) is 1. The predicted octanol–water partition coefficient (Wildman–Crippen LogP) is 4.36. The lowest BCUT2D eigenvalue weighted by Crippen LogP contribution is -2.30. The molecule has 3 rings (SSSR count). The lowest BCUT2D eigenvalue weighted by atomic mass is 10.2. The number of benzene rings is 2. The normalized spacial score (nSPS) is 10.1. The SMILES string of the molecule is CCN(Cc1ccccc1)C(=O)c1ccc(Nc2ccccc2C#N)nc1. The van der Waals surface area contributed by atoms with Crippen LogP contribution < -0.4 is 5.32 Å². The van der Waals surface area contributed by atoms with E-state index in [1.165, 1.54) is 0 Å². The van der Waals surface area contributed by atoms with Crippen LogP contribution in [-0.2, 0) is 6.54 Å². The number of rotatable bonds is 6. The first-order chi connectivity index (χ1) is 13.2. The molecule has 0 aliphatic heterocycles. The van der Waals surface area contributed by atoms with Crippen molar-refractivity contribution >= 4 is 17.4 Å². The van der Waals surface area contributed by atoms with Crippen LogP contribution in [0.15, 0.2) is 72.9 Å². The monoisotopic (exact) mass is 356 g/mol. The number of nitriles is 1. The van der Waals surface area contributed by atoms with E-state index in [-0.39, 0.29) is 5.91 Å². The van der Waals surface area contributed by atoms with E-state index in [1.54, 1.807) is 29.3 Å². The Kier molecular flexibility index (Phi) is 5.80. The Balaban J connectivity index is 1.72. The van der Waals surface area contributed by atoms with Crippen molar-refractivity contribution < 1.29 is 4.79 Å². The number of nitrogens with zero attached hydrogens (tertiary/aromatic N) is 3. The third kappa shape index (κ3) is 4.50. The molecule has 0 saturated heterocycles. The van der Waals surface area contributed by atoms with Crippen molar-refractivity contribution in [2.24, 2.45) is 0 Å². The molecular formula is C22H20N4O. The van der Waals surface area contributed by atoms with Gasteiger partial charge >= 0.3 is 0 Å². The van der Waals surface area contributed by atoms with Gasteiger partial charge in [0.05, 0.1) is 16.8 Å². The molecule has 0 bridgehead atoms. The number of carbonyl (C=O) groups is 1. The van der Waals surface area contributed by atoms with Crippen LogP contribution in [0.4, 0.5) is 11.5 Å². The predicted molar refractivity (Wildman–Crippen MR) is 106 cm³/mol. The van der Waals surface area contributed by atoms with Crippen molar-refractivity contribution in [1.29, 1.82) is 5.26 Å². The first kappa shape index (κ1) is 18.2. The summed E-state index contributed by atoms with van der Waals surface area (Å²) in [5, 5.41) is 12.3. The number of para-hydroxylation sites is 1. The third-order valence-electron chi connectivity index (χ3n) is 4.21. The number of amides is 1. The molecule has 0 saturated carbocycles. The number of aromatic nitrogens is 1. The van der Waals surface area contributed by atoms with Gasteiger partial charge in [-0.2, -0.15) is 5.26 Å². The van der Waals surface area contributed by atoms with Gasteiger partial charge in [0.1, 0.15) is 11.9 Å². The summed E-state index contributed by atoms with van der Waals surface area (Å²) in [6.45, 7) is 3.14. The summed E-state index contributed by atoms with van der Waals surface area (Å²) in [7, 11) is 0. The van der Waals surface area contributed by atoms with Crippen molar-refractivity contribution in [3.63, 3.8) is 0 Å². The van der Waals surface area contributed by atoms with Crippen LogP contribution in [0.5, 0.6) is 0 Å². The number of carbonyl (C=O) groups excluding carboxylic acids is 1. The first-order valence-corrected chi connectivity index (χ1v) is 8.76. The highest BCUT2D eigenvalue weighted by molar-refractivity contribution is 5.94. The van der Waals surface area contributed by atoms with Gasteiger partial charge in [-0.05, 0) is 36.8 Å². The van der Waals surface area contributed by atoms with E-state index >= 15 is 0 Å². The maximum atomic E-state index is 12.8. The largest absolute Gasteiger partial charge is 0.339 e. The maximum absolute atomic E-state index is 12.8. The Bertz CT molecular complexity index is 946. The van der Waals surface area contributed by atoms with Crippen molar-refractivity contribution in [3.8, 4) is 6.07 Å². The van der Waals surface area contributed by atoms with Gasteiger partial charge in [-0.15, -0.1) is 0 Å². The lowest BCUT2D eigenvalue weighted by molar-refractivity contribution is 0.0752. The van der Waals surface area contributed by atoms with E-state index in [9.17, 15) is 4.79 Å². The molecule has 5 nitrogen and oxygen atoms in total. The van der Waals surface area contributed by atoms with Crippen LogP contribution in [0.3, 0.4) is 0 Å². The molecule has 0 unspecified atom stereocenters. The molecule has 0 spiro atoms. The summed E-state index contributed by atoms with van der Waals surface area (Å²) in [5.74, 6) is 0.526. The Morgan fingerprint density at radius 1 is 1.07 bits per heavy atom. The Morgan fingerprint density at radius 2 is 1.81 bits per heavy atom. The summed E-state index contributed by atoms with van der Waals surface area (Å²) in [4.78, 5) is 18.9. The number of nitrogens with one attached hydrogen (secondary N) is 1. The molecule has 0 radical (unpaired) electrons. The van der Waals surface area contributed by atoms with Gasteiger partial charge in [-0.25, -0.2) is 4.98 Å². The van der Waals surface area contributed by atoms with Gasteiger partial charge in [-0.3, -0.25) is 4.79 Å². The van der Waals surface area contributed by atoms with E-state index in [4.69, 9.17) is 5.26 Å². The molecule has 0 fully saturated rings. The van der Waals surface area contributed by atoms with Crippen molar-refractivity contribution in [2.45, 2.75) is 13.5 Å². The van der Waals surface area contributed by atoms with E-state index < -0.39 is 0 Å². The van der Waals surface area contributed by atoms with Crippen LogP contribution in [-0.4, -0.2) is 22.3 Å². The highest BCUT2D eigenvalue weighted by Crippen LogP contribution is 2.19. The molecule has 3 aromatic rings. The van der Waals surface area contributed by atoms with E-state index in [1.807, 2.05) is 55.5 Å². The molecule has 1 N–H and O–H groups in total. The molecular weight excluding hydrogens is 336 g/mol. The Hall–Kier alpha value is -3.65. The molecule has 5 heteroatoms. The molecule has 1 heterocycles. The topological polar surface area (TPSA) is 69.0 Å². The molecule has 0 aliphatic rings. The van der Waals surface area contributed by atoms with Gasteiger partial charge in [0, 0.05) is 19.3 Å². The first-order valence-electron chi connectivity index (χ1n) is 8.76. The molecule has 2 aromatic carbocycles. The zero-order chi connectivity index (χ0) is 19.1. The van der Waals surface area contributed by atoms with Gasteiger partial charge in [0.15, 0.2) is 0 Å². The average molecular weight is 356 g/mol. The molecule has 0 atom stereocenters.